The van der Waals surface area contributed by atoms with Gasteiger partial charge < -0.3 is 55.9 Å². The van der Waals surface area contributed by atoms with Gasteiger partial charge in [-0.2, -0.15) is 0 Å². The van der Waals surface area contributed by atoms with Gasteiger partial charge >= 0.3 is 29.6 Å². The number of nitrogens with zero attached hydrogens (tertiary/aromatic N) is 8. The van der Waals surface area contributed by atoms with Gasteiger partial charge in [-0.15, -0.1) is 11.6 Å². The summed E-state index contributed by atoms with van der Waals surface area (Å²) < 4.78 is 217. The molecule has 3 atom stereocenters. The number of halogens is 12. The number of sulfone groups is 1. The minimum Gasteiger partial charge on any atom is -0.813 e. The van der Waals surface area contributed by atoms with E-state index in [1.54, 1.807) is 54.6 Å². The van der Waals surface area contributed by atoms with E-state index in [1.165, 1.54) is 145 Å². The average molecular weight is 1820 g/mol. The molecule has 124 heavy (non-hydrogen) atoms. The van der Waals surface area contributed by atoms with Crippen LogP contribution >= 0.6 is 23.8 Å². The fourth-order valence-corrected chi connectivity index (χ4v) is 13.9. The van der Waals surface area contributed by atoms with Crippen molar-refractivity contribution in [2.24, 2.45) is 0 Å². The molecule has 0 aliphatic heterocycles. The molecule has 7 aromatic carbocycles. The summed E-state index contributed by atoms with van der Waals surface area (Å²) in [6.07, 6.45) is -3.48. The number of methoxy groups -OCH3 is 3. The summed E-state index contributed by atoms with van der Waals surface area (Å²) in [5, 5.41) is -1.05. The molecule has 6 heterocycles. The van der Waals surface area contributed by atoms with Gasteiger partial charge in [0.2, 0.25) is 20.2 Å². The van der Waals surface area contributed by atoms with Crippen LogP contribution < -0.4 is 60.4 Å². The van der Waals surface area contributed by atoms with Crippen molar-refractivity contribution in [2.75, 3.05) is 39.2 Å². The van der Waals surface area contributed by atoms with Crippen LogP contribution in [0.3, 0.4) is 0 Å². The van der Waals surface area contributed by atoms with E-state index in [0.29, 0.717) is 51.2 Å². The molecule has 0 aliphatic carbocycles. The molecule has 20 nitrogen and oxygen atoms in total. The minimum absolute atomic E-state index is 0. The van der Waals surface area contributed by atoms with Gasteiger partial charge in [-0.1, -0.05) is 115 Å². The molecule has 0 fully saturated rings. The molecule has 0 radical (unpaired) electrons. The maximum atomic E-state index is 14.2. The Labute approximate surface area is 745 Å². The van der Waals surface area contributed by atoms with Gasteiger partial charge in [-0.05, 0) is 138 Å². The smallest absolute Gasteiger partial charge is 0.813 e. The third-order valence-corrected chi connectivity index (χ3v) is 20.5. The molecule has 37 heteroatoms. The van der Waals surface area contributed by atoms with Crippen molar-refractivity contribution in [3.63, 3.8) is 0 Å². The Hall–Kier alpha value is -10.9. The number of hydrogen-bond donors (Lipinski definition) is 1. The molecule has 0 aliphatic rings. The first-order valence-electron chi connectivity index (χ1n) is 36.8. The number of alkyl halides is 7. The van der Waals surface area contributed by atoms with E-state index in [1.807, 2.05) is 60.7 Å². The van der Waals surface area contributed by atoms with Gasteiger partial charge in [0, 0.05) is 82.5 Å². The first kappa shape index (κ1) is 98.6. The summed E-state index contributed by atoms with van der Waals surface area (Å²) in [5.41, 5.74) is 2.46. The normalized spacial score (nSPS) is 11.8. The third kappa shape index (κ3) is 28.1. The van der Waals surface area contributed by atoms with Crippen LogP contribution in [0.25, 0.3) is 33.8 Å². The van der Waals surface area contributed by atoms with Crippen molar-refractivity contribution in [3.8, 4) is 51.0 Å². The van der Waals surface area contributed by atoms with Crippen LogP contribution in [0.4, 0.5) is 48.3 Å². The van der Waals surface area contributed by atoms with E-state index in [0.717, 1.165) is 29.5 Å². The first-order chi connectivity index (χ1) is 58.5. The second-order valence-corrected chi connectivity index (χ2v) is 30.7. The number of thiol groups is 1. The van der Waals surface area contributed by atoms with Gasteiger partial charge in [0.05, 0.1) is 100.0 Å². The summed E-state index contributed by atoms with van der Waals surface area (Å²) in [4.78, 5) is 58.8. The largest absolute Gasteiger partial charge is 1.00 e. The zero-order valence-corrected chi connectivity index (χ0v) is 72.6. The Morgan fingerprint density at radius 2 is 0.839 bits per heavy atom. The van der Waals surface area contributed by atoms with Gasteiger partial charge in [0.25, 0.3) is 36.0 Å². The van der Waals surface area contributed by atoms with E-state index in [2.05, 4.69) is 29.9 Å². The van der Waals surface area contributed by atoms with Crippen molar-refractivity contribution in [1.82, 2.24) is 43.6 Å². The molecule has 0 saturated heterocycles. The maximum absolute atomic E-state index is 14.2. The second kappa shape index (κ2) is 47.3. The average Bonchev–Trinajstić information content (AvgIpc) is 0.806. The van der Waals surface area contributed by atoms with Crippen LogP contribution in [0.1, 0.15) is 100 Å². The molecule has 3 unspecified atom stereocenters. The summed E-state index contributed by atoms with van der Waals surface area (Å²) in [7, 11) is -1.84. The van der Waals surface area contributed by atoms with E-state index in [9.17, 15) is 75.3 Å². The van der Waals surface area contributed by atoms with Crippen LogP contribution in [-0.2, 0) is 76.5 Å². The van der Waals surface area contributed by atoms with Crippen LogP contribution in [0.15, 0.2) is 262 Å². The number of aromatic nitrogens is 9. The molecule has 13 rings (SSSR count). The summed E-state index contributed by atoms with van der Waals surface area (Å²) in [5.74, 6) is -1.71. The fraction of sp³-hybridized carbons (Fsp3) is 0.207. The first-order valence-corrected chi connectivity index (χ1v) is 40.9. The Kier molecular flexibility index (Phi) is 37.6. The predicted molar refractivity (Wildman–Crippen MR) is 447 cm³/mol. The summed E-state index contributed by atoms with van der Waals surface area (Å²) >= 11 is 10.7. The number of pyridine rings is 3. The Bertz CT molecular complexity index is 6180. The standard InChI is InChI=1S/C34H29F4N3O4S.C19H16F3N3O4S.C18H14F3N3O2S.C16H16ClFO.Na.H2S/c1-44-31-13-11-22(17-27(31)36)19-41-20-24(12-14-32(41)42)28-18-29(33(37)38)40-34(39-28)46(43)16-15-30(23-7-3-2-4-8-23)45-21-25-9-5-6-10-26(25)35;1-29-16-5-3-11(7-13(16)20)9-25-10-12(4-6-17(25)26)14-8-15(18(21)22)24-19(23-14)30(2,27)28;1-26-15-4-2-10(6-12(15)19)8-24-9-11(3-5-16(24)25)13-7-14(17(20)21)23-18(27)22-13;17-11-10-16(13-6-2-1-3-7-13)19-12-14-8-4-5-9-15(14)18;;/h2-14,17-18,20,30,33H,15-16,19,21H2,1H3;3-8,10,18H,9H2,1-2H3;2-7,9,17H,8H2,1H3,(H,22,23,27);1-9,16H,10-12H2;;1H2/q;;;;+1;/p-1. The number of nitrogens with one attached hydrogen (secondary N) is 1. The Morgan fingerprint density at radius 3 is 1.21 bits per heavy atom. The molecule has 0 amide bonds. The van der Waals surface area contributed by atoms with Crippen molar-refractivity contribution < 1.29 is 114 Å². The van der Waals surface area contributed by atoms with Crippen molar-refractivity contribution in [1.29, 1.82) is 0 Å². The topological polar surface area (TPSA) is 244 Å². The van der Waals surface area contributed by atoms with Crippen molar-refractivity contribution in [3.05, 3.63) is 358 Å². The van der Waals surface area contributed by atoms with E-state index < -0.39 is 96.9 Å². The molecule has 0 spiro atoms. The number of aromatic amines is 1. The number of rotatable bonds is 30. The molecule has 0 saturated carbocycles. The molecule has 1 N–H and O–H groups in total. The molecule has 13 aromatic rings. The van der Waals surface area contributed by atoms with Gasteiger partial charge in [-0.25, -0.2) is 81.6 Å². The number of benzene rings is 7. The number of H-pyrrole nitrogens is 1. The third-order valence-electron chi connectivity index (χ3n) is 18.1. The van der Waals surface area contributed by atoms with Crippen LogP contribution in [-0.4, -0.2) is 95.4 Å². The Morgan fingerprint density at radius 1 is 0.460 bits per heavy atom. The zero-order chi connectivity index (χ0) is 87.7. The van der Waals surface area contributed by atoms with Crippen LogP contribution in [0.5, 0.6) is 17.2 Å². The van der Waals surface area contributed by atoms with Gasteiger partial charge in [0.1, 0.15) is 23.0 Å². The van der Waals surface area contributed by atoms with E-state index in [4.69, 9.17) is 47.5 Å². The van der Waals surface area contributed by atoms with Crippen LogP contribution in [0.2, 0.25) is 0 Å². The fourth-order valence-electron chi connectivity index (χ4n) is 11.9. The maximum Gasteiger partial charge on any atom is 1.00 e. The van der Waals surface area contributed by atoms with Crippen molar-refractivity contribution >= 4 is 58.0 Å². The monoisotopic (exact) mass is 1820 g/mol. The Balaban J connectivity index is 0.000000214. The molecule has 0 bridgehead atoms. The van der Waals surface area contributed by atoms with E-state index in [-0.39, 0.29) is 161 Å². The summed E-state index contributed by atoms with van der Waals surface area (Å²) in [6, 6.07) is 55.9. The molecular weight excluding hydrogens is 1740 g/mol. The summed E-state index contributed by atoms with van der Waals surface area (Å²) in [6.45, 7) is 0.295. The molecule has 6 aromatic heterocycles. The van der Waals surface area contributed by atoms with E-state index >= 15 is 0 Å². The van der Waals surface area contributed by atoms with Gasteiger partial charge in [0.15, 0.2) is 39.5 Å². The number of hydrogen-bond acceptors (Lipinski definition) is 18. The minimum atomic E-state index is -3.95. The molecule has 644 valence electrons. The number of ether oxygens (including phenoxy) is 5. The SMILES string of the molecule is COc1ccc(Cn2cc(-c3cc(C(F)F)[nH]c(=S)n3)ccc2=O)cc1F.COc1ccc(Cn2cc(-c3cc(C(F)F)nc(S(=O)CCC(OCc4ccccc4F)c4ccccc4)n3)ccc2=O)cc1F.COc1ccc(Cn2cc(-c3cc(C(F)F)nc(S(C)(=O)=O)n3)ccc2=O)cc1F.Fc1ccccc1COC(CCCl)c1ccccc1.[Na+].[SH-]. The quantitative estimate of drug-likeness (QED) is 0.00836. The second-order valence-electron chi connectivity index (χ2n) is 26.6. The predicted octanol–water partition coefficient (Wildman–Crippen LogP) is 15.4. The molecular formula is C87H76ClF11N9NaO11S4. The zero-order valence-electron chi connectivity index (χ0n) is 66.5. The van der Waals surface area contributed by atoms with Gasteiger partial charge in [-0.3, -0.25) is 18.6 Å². The van der Waals surface area contributed by atoms with Crippen molar-refractivity contribution in [2.45, 2.75) is 87.5 Å². The van der Waals surface area contributed by atoms with Crippen LogP contribution in [0, 0.1) is 33.9 Å².